The van der Waals surface area contributed by atoms with Gasteiger partial charge < -0.3 is 34.9 Å². The SMILES string of the molecule is CC(C)c1ccccc1CC(=O)Nc1ccc(Oc2cccc(Cl)c2)c(S(N)(=O)=O)c1.CCOc1ccccc1CC(=O)Nc1ccc(Oc2cccc(Cl)c2)c(S(N)(=O)=O)c1.NS(=O)(=O)c1cc(NC(=O)Cc2ccccc2C(F)F)ccc1Oc1cccc(Cl)c1. The molecule has 0 fully saturated rings. The van der Waals surface area contributed by atoms with Gasteiger partial charge in [-0.2, -0.15) is 0 Å². The van der Waals surface area contributed by atoms with Gasteiger partial charge in [0.2, 0.25) is 47.8 Å². The van der Waals surface area contributed by atoms with Gasteiger partial charge in [-0.05, 0) is 145 Å². The van der Waals surface area contributed by atoms with E-state index in [0.717, 1.165) is 22.8 Å². The first-order valence-electron chi connectivity index (χ1n) is 27.9. The maximum atomic E-state index is 13.1. The molecule has 0 bridgehead atoms. The first kappa shape index (κ1) is 71.5. The molecule has 0 atom stereocenters. The molecule has 0 unspecified atom stereocenters. The van der Waals surface area contributed by atoms with E-state index in [-0.39, 0.29) is 97.2 Å². The minimum atomic E-state index is -4.21. The molecule has 3 amide bonds. The van der Waals surface area contributed by atoms with Crippen LogP contribution in [0.4, 0.5) is 25.8 Å². The van der Waals surface area contributed by atoms with Crippen LogP contribution in [0.3, 0.4) is 0 Å². The van der Waals surface area contributed by atoms with Gasteiger partial charge in [-0.15, -0.1) is 0 Å². The third-order valence-electron chi connectivity index (χ3n) is 13.0. The van der Waals surface area contributed by atoms with E-state index in [9.17, 15) is 48.4 Å². The number of halogens is 5. The molecule has 0 radical (unpaired) electrons. The molecular weight excluding hydrogens is 1330 g/mol. The number of hydrogen-bond donors (Lipinski definition) is 6. The second-order valence-corrected chi connectivity index (χ2v) is 26.3. The molecule has 0 aliphatic carbocycles. The Bertz CT molecular complexity index is 4340. The van der Waals surface area contributed by atoms with Crippen LogP contribution in [0.2, 0.25) is 15.1 Å². The number of primary sulfonamides is 3. The number of nitrogens with one attached hydrogen (secondary N) is 3. The molecule has 9 N–H and O–H groups in total. The van der Waals surface area contributed by atoms with Crippen LogP contribution in [0.5, 0.6) is 40.2 Å². The van der Waals surface area contributed by atoms with Crippen LogP contribution in [-0.2, 0) is 63.7 Å². The molecule has 0 saturated carbocycles. The number of benzene rings is 9. The van der Waals surface area contributed by atoms with Gasteiger partial charge in [0, 0.05) is 43.3 Å². The Morgan fingerprint density at radius 2 is 0.742 bits per heavy atom. The lowest BCUT2D eigenvalue weighted by molar-refractivity contribution is -0.116. The van der Waals surface area contributed by atoms with Gasteiger partial charge in [-0.1, -0.05) is 134 Å². The fourth-order valence-electron chi connectivity index (χ4n) is 8.90. The Morgan fingerprint density at radius 3 is 1.08 bits per heavy atom. The van der Waals surface area contributed by atoms with Crippen molar-refractivity contribution in [2.24, 2.45) is 15.4 Å². The lowest BCUT2D eigenvalue weighted by atomic mass is 9.95. The minimum absolute atomic E-state index is 0.0180. The van der Waals surface area contributed by atoms with Crippen molar-refractivity contribution in [2.75, 3.05) is 22.6 Å². The molecule has 0 heterocycles. The van der Waals surface area contributed by atoms with Crippen LogP contribution in [-0.4, -0.2) is 49.6 Å². The monoisotopic (exact) mass is 1380 g/mol. The smallest absolute Gasteiger partial charge is 0.264 e. The van der Waals surface area contributed by atoms with Gasteiger partial charge in [-0.25, -0.2) is 49.5 Å². The number of hydrogen-bond acceptors (Lipinski definition) is 13. The maximum absolute atomic E-state index is 13.1. The number of anilines is 3. The zero-order valence-corrected chi connectivity index (χ0v) is 54.4. The molecule has 93 heavy (non-hydrogen) atoms. The third-order valence-corrected chi connectivity index (χ3v) is 16.5. The van der Waals surface area contributed by atoms with Crippen LogP contribution in [0.25, 0.3) is 0 Å². The number of carbonyl (C=O) groups is 3. The number of amides is 3. The van der Waals surface area contributed by atoms with E-state index in [1.807, 2.05) is 43.3 Å². The summed E-state index contributed by atoms with van der Waals surface area (Å²) in [6, 6.07) is 52.3. The highest BCUT2D eigenvalue weighted by atomic mass is 35.5. The first-order valence-corrected chi connectivity index (χ1v) is 33.6. The van der Waals surface area contributed by atoms with E-state index in [4.69, 9.17) is 69.2 Å². The summed E-state index contributed by atoms with van der Waals surface area (Å²) in [6.45, 7) is 6.46. The standard InChI is InChI=1S/C23H23ClN2O4S.C22H21ClN2O5S.C21H17ClF2N2O4S/c1-15(2)20-9-4-3-6-16(20)12-23(27)26-18-10-11-21(22(14-18)31(25,28)29)30-19-8-5-7-17(24)13-19;1-2-29-19-9-4-3-6-15(19)12-22(26)25-17-10-11-20(21(14-17)31(24,27)28)30-18-8-5-7-16(23)13-18;22-14-5-3-6-16(11-14)30-18-9-8-15(12-19(18)31(25,28)29)26-20(27)10-13-4-1-2-7-17(13)21(23)24/h3-11,13-15H,12H2,1-2H3,(H,26,27)(H2,25,28,29);3-11,13-14H,2,12H2,1H3,(H,25,26)(H2,24,27,28);1-9,11-12,21H,10H2,(H,26,27)(H2,25,28,29). The van der Waals surface area contributed by atoms with Crippen molar-refractivity contribution in [3.05, 3.63) is 243 Å². The highest BCUT2D eigenvalue weighted by Crippen LogP contribution is 2.36. The lowest BCUT2D eigenvalue weighted by Gasteiger charge is -2.14. The normalized spacial score (nSPS) is 11.3. The molecular formula is C66H61Cl3F2N6O13S3. The summed E-state index contributed by atoms with van der Waals surface area (Å²) in [5.41, 5.74) is 3.33. The number of nitrogens with two attached hydrogens (primary N) is 3. The summed E-state index contributed by atoms with van der Waals surface area (Å²) < 4.78 is 121. The van der Waals surface area contributed by atoms with Crippen LogP contribution in [0, 0.1) is 0 Å². The highest BCUT2D eigenvalue weighted by molar-refractivity contribution is 7.89. The van der Waals surface area contributed by atoms with Crippen molar-refractivity contribution >= 4 is 99.7 Å². The molecule has 9 rings (SSSR count). The van der Waals surface area contributed by atoms with E-state index in [0.29, 0.717) is 44.6 Å². The van der Waals surface area contributed by atoms with Gasteiger partial charge in [0.1, 0.15) is 54.9 Å². The van der Waals surface area contributed by atoms with Crippen molar-refractivity contribution < 1.29 is 67.4 Å². The maximum Gasteiger partial charge on any atom is 0.264 e. The largest absolute Gasteiger partial charge is 0.494 e. The second kappa shape index (κ2) is 32.6. The Morgan fingerprint density at radius 1 is 0.419 bits per heavy atom. The molecule has 486 valence electrons. The minimum Gasteiger partial charge on any atom is -0.494 e. The Labute approximate surface area is 551 Å². The van der Waals surface area contributed by atoms with Gasteiger partial charge in [0.15, 0.2) is 0 Å². The van der Waals surface area contributed by atoms with Crippen molar-refractivity contribution in [3.8, 4) is 40.2 Å². The van der Waals surface area contributed by atoms with Crippen LogP contribution in [0.1, 0.15) is 60.9 Å². The molecule has 19 nitrogen and oxygen atoms in total. The van der Waals surface area contributed by atoms with E-state index in [1.165, 1.54) is 66.7 Å². The zero-order valence-electron chi connectivity index (χ0n) is 49.7. The van der Waals surface area contributed by atoms with Crippen molar-refractivity contribution in [1.29, 1.82) is 0 Å². The van der Waals surface area contributed by atoms with Gasteiger partial charge in [-0.3, -0.25) is 14.4 Å². The van der Waals surface area contributed by atoms with E-state index in [1.54, 1.807) is 91.0 Å². The summed E-state index contributed by atoms with van der Waals surface area (Å²) in [5, 5.41) is 25.2. The summed E-state index contributed by atoms with van der Waals surface area (Å²) in [5.74, 6) is 0.684. The van der Waals surface area contributed by atoms with Crippen LogP contribution >= 0.6 is 34.8 Å². The van der Waals surface area contributed by atoms with Crippen LogP contribution in [0.15, 0.2) is 215 Å². The summed E-state index contributed by atoms with van der Waals surface area (Å²) in [6.07, 6.45) is -2.81. The van der Waals surface area contributed by atoms with Gasteiger partial charge >= 0.3 is 0 Å². The number of ether oxygens (including phenoxy) is 4. The number of alkyl halides is 2. The van der Waals surface area contributed by atoms with Gasteiger partial charge in [0.05, 0.1) is 25.9 Å². The third kappa shape index (κ3) is 21.8. The molecule has 9 aromatic carbocycles. The average Bonchev–Trinajstić information content (AvgIpc) is 0.847. The van der Waals surface area contributed by atoms with Gasteiger partial charge in [0.25, 0.3) is 6.43 Å². The predicted molar refractivity (Wildman–Crippen MR) is 355 cm³/mol. The molecule has 0 aliphatic rings. The highest BCUT2D eigenvalue weighted by Gasteiger charge is 2.23. The lowest BCUT2D eigenvalue weighted by Crippen LogP contribution is -2.17. The number of sulfonamides is 3. The molecule has 0 aliphatic heterocycles. The number of para-hydroxylation sites is 1. The summed E-state index contributed by atoms with van der Waals surface area (Å²) >= 11 is 17.8. The average molecular weight is 1390 g/mol. The zero-order chi connectivity index (χ0) is 67.6. The number of rotatable bonds is 22. The topological polar surface area (TPSA) is 305 Å². The first-order chi connectivity index (χ1) is 44.0. The summed E-state index contributed by atoms with van der Waals surface area (Å²) in [7, 11) is -12.4. The van der Waals surface area contributed by atoms with E-state index >= 15 is 0 Å². The molecule has 0 aromatic heterocycles. The van der Waals surface area contributed by atoms with E-state index in [2.05, 4.69) is 29.8 Å². The molecule has 0 spiro atoms. The molecule has 9 aromatic rings. The fraction of sp³-hybridized carbons (Fsp3) is 0.136. The number of carbonyl (C=O) groups excluding carboxylic acids is 3. The molecule has 27 heteroatoms. The second-order valence-electron chi connectivity index (χ2n) is 20.4. The quantitative estimate of drug-likeness (QED) is 0.0368. The van der Waals surface area contributed by atoms with Crippen LogP contribution < -0.4 is 50.3 Å². The van der Waals surface area contributed by atoms with E-state index < -0.39 is 42.4 Å². The van der Waals surface area contributed by atoms with Crippen molar-refractivity contribution in [1.82, 2.24) is 0 Å². The van der Waals surface area contributed by atoms with Crippen molar-refractivity contribution in [3.63, 3.8) is 0 Å². The predicted octanol–water partition coefficient (Wildman–Crippen LogP) is 14.3. The van der Waals surface area contributed by atoms with Crippen molar-refractivity contribution in [2.45, 2.75) is 67.1 Å². The summed E-state index contributed by atoms with van der Waals surface area (Å²) in [4.78, 5) is 36.6. The fourth-order valence-corrected chi connectivity index (χ4v) is 11.5. The Balaban J connectivity index is 0.000000198. The Hall–Kier alpha value is -8.95. The Kier molecular flexibility index (Phi) is 25.0. The molecule has 0 saturated heterocycles.